The van der Waals surface area contributed by atoms with Crippen LogP contribution < -0.4 is 10.6 Å². The van der Waals surface area contributed by atoms with E-state index in [1.54, 1.807) is 6.20 Å². The zero-order chi connectivity index (χ0) is 12.8. The summed E-state index contributed by atoms with van der Waals surface area (Å²) in [6, 6.07) is 4.62. The Balaban J connectivity index is 0. The van der Waals surface area contributed by atoms with Gasteiger partial charge in [-0.3, -0.25) is 4.98 Å². The van der Waals surface area contributed by atoms with Gasteiger partial charge >= 0.3 is 0 Å². The van der Waals surface area contributed by atoms with Crippen molar-refractivity contribution in [3.05, 3.63) is 30.1 Å². The molecule has 0 bridgehead atoms. The molecule has 0 radical (unpaired) electrons. The highest BCUT2D eigenvalue weighted by Crippen LogP contribution is 1.92. The zero-order valence-corrected chi connectivity index (χ0v) is 11.5. The van der Waals surface area contributed by atoms with Crippen LogP contribution in [0, 0.1) is 0 Å². The van der Waals surface area contributed by atoms with Crippen molar-refractivity contribution in [1.29, 1.82) is 0 Å². The van der Waals surface area contributed by atoms with E-state index in [2.05, 4.69) is 29.5 Å². The number of nitrogens with one attached hydrogen (secondary N) is 2. The number of aromatic nitrogens is 1. The first kappa shape index (κ1) is 17.5. The van der Waals surface area contributed by atoms with Crippen LogP contribution in [0.15, 0.2) is 24.5 Å². The monoisotopic (exact) mass is 225 g/mol. The van der Waals surface area contributed by atoms with Gasteiger partial charge < -0.3 is 10.6 Å². The van der Waals surface area contributed by atoms with Crippen LogP contribution in [-0.2, 0) is 6.54 Å². The summed E-state index contributed by atoms with van der Waals surface area (Å²) in [5, 5.41) is 6.07. The average molecular weight is 225 g/mol. The molecular weight excluding hydrogens is 198 g/mol. The molecule has 0 atom stereocenters. The SMILES string of the molecule is CC.CNC(C)C.CNCc1cccnc1. The molecule has 1 aromatic heterocycles. The van der Waals surface area contributed by atoms with Gasteiger partial charge in [-0.25, -0.2) is 0 Å². The Labute approximate surface area is 101 Å². The van der Waals surface area contributed by atoms with E-state index in [9.17, 15) is 0 Å². The summed E-state index contributed by atoms with van der Waals surface area (Å²) < 4.78 is 0. The van der Waals surface area contributed by atoms with Gasteiger partial charge in [0.2, 0.25) is 0 Å². The molecule has 3 nitrogen and oxygen atoms in total. The number of pyridine rings is 1. The third-order valence-electron chi connectivity index (χ3n) is 1.68. The number of rotatable bonds is 3. The lowest BCUT2D eigenvalue weighted by molar-refractivity contribution is 0.668. The summed E-state index contributed by atoms with van der Waals surface area (Å²) in [6.07, 6.45) is 3.63. The Kier molecular flexibility index (Phi) is 15.4. The molecule has 0 aliphatic rings. The molecule has 0 amide bonds. The van der Waals surface area contributed by atoms with E-state index < -0.39 is 0 Å². The standard InChI is InChI=1S/C7H10N2.C4H11N.C2H6/c1-8-5-7-3-2-4-9-6-7;1-4(2)5-3;1-2/h2-4,6,8H,5H2,1H3;4-5H,1-3H3;1-2H3. The Morgan fingerprint density at radius 3 is 2.12 bits per heavy atom. The second kappa shape index (κ2) is 14.1. The van der Waals surface area contributed by atoms with E-state index in [1.807, 2.05) is 46.3 Å². The second-order valence-electron chi connectivity index (χ2n) is 3.33. The molecular formula is C13H27N3. The Hall–Kier alpha value is -0.930. The van der Waals surface area contributed by atoms with Crippen molar-refractivity contribution >= 4 is 0 Å². The van der Waals surface area contributed by atoms with E-state index in [1.165, 1.54) is 5.56 Å². The predicted octanol–water partition coefficient (Wildman–Crippen LogP) is 2.44. The van der Waals surface area contributed by atoms with Crippen LogP contribution in [0.4, 0.5) is 0 Å². The van der Waals surface area contributed by atoms with E-state index in [0.717, 1.165) is 6.54 Å². The molecule has 0 spiro atoms. The van der Waals surface area contributed by atoms with E-state index in [4.69, 9.17) is 0 Å². The minimum absolute atomic E-state index is 0.634. The maximum atomic E-state index is 3.96. The smallest absolute Gasteiger partial charge is 0.0312 e. The van der Waals surface area contributed by atoms with Crippen LogP contribution in [0.2, 0.25) is 0 Å². The second-order valence-corrected chi connectivity index (χ2v) is 3.33. The molecule has 3 heteroatoms. The quantitative estimate of drug-likeness (QED) is 0.829. The normalized spacial score (nSPS) is 8.69. The van der Waals surface area contributed by atoms with Crippen molar-refractivity contribution in [3.63, 3.8) is 0 Å². The summed E-state index contributed by atoms with van der Waals surface area (Å²) in [5.74, 6) is 0. The van der Waals surface area contributed by atoms with E-state index >= 15 is 0 Å². The minimum Gasteiger partial charge on any atom is -0.318 e. The Bertz CT molecular complexity index is 210. The molecule has 1 rings (SSSR count). The van der Waals surface area contributed by atoms with Crippen LogP contribution in [0.25, 0.3) is 0 Å². The van der Waals surface area contributed by atoms with Crippen molar-refractivity contribution in [2.75, 3.05) is 14.1 Å². The zero-order valence-electron chi connectivity index (χ0n) is 11.5. The summed E-state index contributed by atoms with van der Waals surface area (Å²) >= 11 is 0. The molecule has 0 aliphatic heterocycles. The summed E-state index contributed by atoms with van der Waals surface area (Å²) in [4.78, 5) is 3.96. The lowest BCUT2D eigenvalue weighted by Crippen LogP contribution is -2.15. The maximum Gasteiger partial charge on any atom is 0.0312 e. The van der Waals surface area contributed by atoms with Crippen LogP contribution in [0.5, 0.6) is 0 Å². The van der Waals surface area contributed by atoms with Gasteiger partial charge in [-0.1, -0.05) is 33.8 Å². The van der Waals surface area contributed by atoms with Gasteiger partial charge in [-0.05, 0) is 25.7 Å². The Morgan fingerprint density at radius 2 is 1.81 bits per heavy atom. The molecule has 16 heavy (non-hydrogen) atoms. The third-order valence-corrected chi connectivity index (χ3v) is 1.68. The minimum atomic E-state index is 0.634. The first-order valence-electron chi connectivity index (χ1n) is 5.91. The van der Waals surface area contributed by atoms with Crippen molar-refractivity contribution < 1.29 is 0 Å². The molecule has 0 unspecified atom stereocenters. The van der Waals surface area contributed by atoms with Gasteiger partial charge in [0.1, 0.15) is 0 Å². The van der Waals surface area contributed by atoms with Crippen molar-refractivity contribution in [3.8, 4) is 0 Å². The summed E-state index contributed by atoms with van der Waals surface area (Å²) in [6.45, 7) is 9.12. The van der Waals surface area contributed by atoms with Crippen molar-refractivity contribution in [2.45, 2.75) is 40.3 Å². The number of nitrogens with zero attached hydrogens (tertiary/aromatic N) is 1. The van der Waals surface area contributed by atoms with Gasteiger partial charge in [0.05, 0.1) is 0 Å². The third kappa shape index (κ3) is 13.1. The van der Waals surface area contributed by atoms with Gasteiger partial charge in [-0.15, -0.1) is 0 Å². The van der Waals surface area contributed by atoms with Gasteiger partial charge in [0.15, 0.2) is 0 Å². The fourth-order valence-electron chi connectivity index (χ4n) is 0.707. The average Bonchev–Trinajstić information content (AvgIpc) is 2.34. The largest absolute Gasteiger partial charge is 0.318 e. The Morgan fingerprint density at radius 1 is 1.25 bits per heavy atom. The lowest BCUT2D eigenvalue weighted by Gasteiger charge is -1.95. The summed E-state index contributed by atoms with van der Waals surface area (Å²) in [5.41, 5.74) is 1.22. The van der Waals surface area contributed by atoms with Crippen LogP contribution >= 0.6 is 0 Å². The number of hydrogen-bond donors (Lipinski definition) is 2. The van der Waals surface area contributed by atoms with Crippen LogP contribution in [0.1, 0.15) is 33.3 Å². The summed E-state index contributed by atoms with van der Waals surface area (Å²) in [7, 11) is 3.87. The molecule has 1 aromatic rings. The van der Waals surface area contributed by atoms with Crippen molar-refractivity contribution in [1.82, 2.24) is 15.6 Å². The topological polar surface area (TPSA) is 37.0 Å². The first-order valence-corrected chi connectivity index (χ1v) is 5.91. The molecule has 0 aliphatic carbocycles. The molecule has 0 aromatic carbocycles. The highest BCUT2D eigenvalue weighted by Gasteiger charge is 1.84. The van der Waals surface area contributed by atoms with Crippen molar-refractivity contribution in [2.24, 2.45) is 0 Å². The molecule has 0 saturated carbocycles. The first-order chi connectivity index (χ1) is 7.70. The van der Waals surface area contributed by atoms with Crippen LogP contribution in [0.3, 0.4) is 0 Å². The van der Waals surface area contributed by atoms with Gasteiger partial charge in [0.25, 0.3) is 0 Å². The molecule has 2 N–H and O–H groups in total. The van der Waals surface area contributed by atoms with Gasteiger partial charge in [0, 0.05) is 25.0 Å². The number of hydrogen-bond acceptors (Lipinski definition) is 3. The molecule has 94 valence electrons. The molecule has 1 heterocycles. The fraction of sp³-hybridized carbons (Fsp3) is 0.615. The predicted molar refractivity (Wildman–Crippen MR) is 72.5 cm³/mol. The van der Waals surface area contributed by atoms with Gasteiger partial charge in [-0.2, -0.15) is 0 Å². The van der Waals surface area contributed by atoms with E-state index in [0.29, 0.717) is 6.04 Å². The lowest BCUT2D eigenvalue weighted by atomic mass is 10.3. The van der Waals surface area contributed by atoms with E-state index in [-0.39, 0.29) is 0 Å². The molecule has 0 fully saturated rings. The highest BCUT2D eigenvalue weighted by molar-refractivity contribution is 5.07. The fourth-order valence-corrected chi connectivity index (χ4v) is 0.707. The maximum absolute atomic E-state index is 3.96. The molecule has 0 saturated heterocycles. The van der Waals surface area contributed by atoms with Crippen LogP contribution in [-0.4, -0.2) is 25.1 Å². The highest BCUT2D eigenvalue weighted by atomic mass is 14.8.